The molecule has 1 aromatic rings. The first-order chi connectivity index (χ1) is 13.5. The van der Waals surface area contributed by atoms with Crippen LogP contribution in [0.15, 0.2) is 29.3 Å². The Hall–Kier alpha value is -2.12. The molecule has 1 aromatic carbocycles. The van der Waals surface area contributed by atoms with Crippen LogP contribution in [0.3, 0.4) is 0 Å². The van der Waals surface area contributed by atoms with Crippen molar-refractivity contribution in [1.82, 2.24) is 10.2 Å². The number of aliphatic imine (C=N–C) groups is 1. The maximum absolute atomic E-state index is 12.5. The molecule has 0 aliphatic carbocycles. The monoisotopic (exact) mass is 393 g/mol. The molecule has 0 saturated carbocycles. The SMILES string of the molecule is CCN(CC)CCC[C@@H](C)N=C(NC(=O)c1ccc(OC)cc1)OCCOC. The summed E-state index contributed by atoms with van der Waals surface area (Å²) in [5, 5.41) is 2.76. The molecule has 0 unspecified atom stereocenters. The molecule has 0 bridgehead atoms. The molecule has 0 fully saturated rings. The van der Waals surface area contributed by atoms with Crippen LogP contribution in [0.4, 0.5) is 0 Å². The summed E-state index contributed by atoms with van der Waals surface area (Å²) in [5.74, 6) is 0.428. The highest BCUT2D eigenvalue weighted by Gasteiger charge is 2.12. The Morgan fingerprint density at radius 3 is 2.39 bits per heavy atom. The quantitative estimate of drug-likeness (QED) is 0.336. The predicted octanol–water partition coefficient (Wildman–Crippen LogP) is 2.95. The molecule has 0 aliphatic heterocycles. The number of hydrogen-bond acceptors (Lipinski definition) is 6. The summed E-state index contributed by atoms with van der Waals surface area (Å²) in [6.45, 7) is 10.3. The summed E-state index contributed by atoms with van der Waals surface area (Å²) in [6.07, 6.45) is 1.97. The summed E-state index contributed by atoms with van der Waals surface area (Å²) in [6, 6.07) is 7.17. The minimum Gasteiger partial charge on any atom is -0.497 e. The molecule has 1 atom stereocenters. The number of nitrogens with zero attached hydrogens (tertiary/aromatic N) is 2. The van der Waals surface area contributed by atoms with Crippen molar-refractivity contribution in [1.29, 1.82) is 0 Å². The third-order valence-electron chi connectivity index (χ3n) is 4.43. The smallest absolute Gasteiger partial charge is 0.292 e. The van der Waals surface area contributed by atoms with Gasteiger partial charge in [-0.2, -0.15) is 0 Å². The first-order valence-electron chi connectivity index (χ1n) is 9.91. The van der Waals surface area contributed by atoms with Crippen molar-refractivity contribution in [2.75, 3.05) is 47.1 Å². The number of amidine groups is 1. The summed E-state index contributed by atoms with van der Waals surface area (Å²) in [7, 11) is 3.19. The van der Waals surface area contributed by atoms with Crippen LogP contribution >= 0.6 is 0 Å². The van der Waals surface area contributed by atoms with Crippen molar-refractivity contribution in [2.45, 2.75) is 39.7 Å². The third kappa shape index (κ3) is 9.19. The molecule has 1 N–H and O–H groups in total. The summed E-state index contributed by atoms with van der Waals surface area (Å²) in [5.41, 5.74) is 0.512. The van der Waals surface area contributed by atoms with Gasteiger partial charge in [0.2, 0.25) is 0 Å². The number of ether oxygens (including phenoxy) is 3. The number of nitrogens with one attached hydrogen (secondary N) is 1. The lowest BCUT2D eigenvalue weighted by Gasteiger charge is -2.18. The van der Waals surface area contributed by atoms with E-state index in [4.69, 9.17) is 14.2 Å². The fourth-order valence-electron chi connectivity index (χ4n) is 2.65. The van der Waals surface area contributed by atoms with E-state index in [0.29, 0.717) is 24.5 Å². The Morgan fingerprint density at radius 1 is 1.14 bits per heavy atom. The van der Waals surface area contributed by atoms with E-state index < -0.39 is 0 Å². The Kier molecular flexibility index (Phi) is 11.9. The van der Waals surface area contributed by atoms with Crippen molar-refractivity contribution in [3.8, 4) is 5.75 Å². The lowest BCUT2D eigenvalue weighted by atomic mass is 10.2. The number of carbonyl (C=O) groups excluding carboxylic acids is 1. The van der Waals surface area contributed by atoms with E-state index in [9.17, 15) is 4.79 Å². The van der Waals surface area contributed by atoms with E-state index in [-0.39, 0.29) is 18.0 Å². The molecule has 0 aliphatic rings. The highest BCUT2D eigenvalue weighted by molar-refractivity contribution is 6.04. The zero-order valence-electron chi connectivity index (χ0n) is 17.9. The van der Waals surface area contributed by atoms with Crippen molar-refractivity contribution >= 4 is 11.9 Å². The van der Waals surface area contributed by atoms with Gasteiger partial charge >= 0.3 is 0 Å². The molecule has 0 radical (unpaired) electrons. The van der Waals surface area contributed by atoms with E-state index >= 15 is 0 Å². The predicted molar refractivity (Wildman–Crippen MR) is 112 cm³/mol. The molecule has 0 spiro atoms. The van der Waals surface area contributed by atoms with Crippen LogP contribution in [0.1, 0.15) is 44.0 Å². The molecule has 0 saturated heterocycles. The average molecular weight is 394 g/mol. The average Bonchev–Trinajstić information content (AvgIpc) is 2.71. The third-order valence-corrected chi connectivity index (χ3v) is 4.43. The van der Waals surface area contributed by atoms with Gasteiger partial charge in [-0.1, -0.05) is 13.8 Å². The van der Waals surface area contributed by atoms with Crippen LogP contribution in [0, 0.1) is 0 Å². The molecule has 0 heterocycles. The Labute approximate surface area is 169 Å². The van der Waals surface area contributed by atoms with Gasteiger partial charge in [-0.15, -0.1) is 0 Å². The number of carbonyl (C=O) groups is 1. The van der Waals surface area contributed by atoms with E-state index in [1.54, 1.807) is 38.5 Å². The second-order valence-electron chi connectivity index (χ2n) is 6.48. The van der Waals surface area contributed by atoms with Gasteiger partial charge in [0.15, 0.2) is 0 Å². The first-order valence-corrected chi connectivity index (χ1v) is 9.91. The summed E-state index contributed by atoms with van der Waals surface area (Å²) >= 11 is 0. The van der Waals surface area contributed by atoms with Crippen molar-refractivity contribution < 1.29 is 19.0 Å². The summed E-state index contributed by atoms with van der Waals surface area (Å²) < 4.78 is 15.8. The van der Waals surface area contributed by atoms with Crippen molar-refractivity contribution in [3.63, 3.8) is 0 Å². The number of rotatable bonds is 12. The zero-order chi connectivity index (χ0) is 20.8. The van der Waals surface area contributed by atoms with E-state index in [2.05, 4.69) is 29.1 Å². The fourth-order valence-corrected chi connectivity index (χ4v) is 2.65. The van der Waals surface area contributed by atoms with Crippen LogP contribution in [0.25, 0.3) is 0 Å². The molecular formula is C21H35N3O4. The molecule has 0 aromatic heterocycles. The first kappa shape index (κ1) is 23.9. The van der Waals surface area contributed by atoms with Crippen LogP contribution < -0.4 is 10.1 Å². The van der Waals surface area contributed by atoms with Gasteiger partial charge in [0, 0.05) is 12.7 Å². The number of amides is 1. The number of benzene rings is 1. The van der Waals surface area contributed by atoms with E-state index in [1.165, 1.54) is 0 Å². The maximum Gasteiger partial charge on any atom is 0.292 e. The van der Waals surface area contributed by atoms with E-state index in [0.717, 1.165) is 32.5 Å². The number of methoxy groups -OCH3 is 2. The van der Waals surface area contributed by atoms with Crippen LogP contribution in [-0.2, 0) is 9.47 Å². The lowest BCUT2D eigenvalue weighted by Crippen LogP contribution is -2.34. The molecule has 158 valence electrons. The highest BCUT2D eigenvalue weighted by atomic mass is 16.5. The van der Waals surface area contributed by atoms with Gasteiger partial charge in [-0.05, 0) is 63.7 Å². The van der Waals surface area contributed by atoms with Crippen molar-refractivity contribution in [2.24, 2.45) is 4.99 Å². The summed E-state index contributed by atoms with van der Waals surface area (Å²) in [4.78, 5) is 19.4. The molecular weight excluding hydrogens is 358 g/mol. The van der Waals surface area contributed by atoms with Gasteiger partial charge in [0.05, 0.1) is 19.8 Å². The minimum atomic E-state index is -0.269. The second-order valence-corrected chi connectivity index (χ2v) is 6.48. The molecule has 1 rings (SSSR count). The Bertz CT molecular complexity index is 586. The Balaban J connectivity index is 2.68. The van der Waals surface area contributed by atoms with Gasteiger partial charge in [0.25, 0.3) is 11.9 Å². The topological polar surface area (TPSA) is 72.4 Å². The van der Waals surface area contributed by atoms with Crippen LogP contribution in [0.5, 0.6) is 5.75 Å². The largest absolute Gasteiger partial charge is 0.497 e. The minimum absolute atomic E-state index is 0.0456. The van der Waals surface area contributed by atoms with Crippen LogP contribution in [0.2, 0.25) is 0 Å². The number of hydrogen-bond donors (Lipinski definition) is 1. The van der Waals surface area contributed by atoms with E-state index in [1.807, 2.05) is 6.92 Å². The van der Waals surface area contributed by atoms with Gasteiger partial charge in [0.1, 0.15) is 12.4 Å². The standard InChI is InChI=1S/C21H35N3O4/c1-6-24(7-2)14-8-9-17(3)22-21(28-16-15-26-4)23-20(25)18-10-12-19(27-5)13-11-18/h10-13,17H,6-9,14-16H2,1-5H3,(H,22,23,25)/t17-/m1/s1. The zero-order valence-corrected chi connectivity index (χ0v) is 17.9. The second kappa shape index (κ2) is 14.0. The fraction of sp³-hybridized carbons (Fsp3) is 0.619. The lowest BCUT2D eigenvalue weighted by molar-refractivity contribution is 0.0953. The molecule has 1 amide bonds. The normalized spacial score (nSPS) is 12.7. The van der Waals surface area contributed by atoms with Gasteiger partial charge < -0.3 is 19.1 Å². The molecule has 7 heteroatoms. The van der Waals surface area contributed by atoms with Gasteiger partial charge in [-0.25, -0.2) is 4.99 Å². The molecule has 7 nitrogen and oxygen atoms in total. The maximum atomic E-state index is 12.5. The highest BCUT2D eigenvalue weighted by Crippen LogP contribution is 2.11. The van der Waals surface area contributed by atoms with Crippen LogP contribution in [-0.4, -0.2) is 69.9 Å². The van der Waals surface area contributed by atoms with Crippen molar-refractivity contribution in [3.05, 3.63) is 29.8 Å². The molecule has 28 heavy (non-hydrogen) atoms. The Morgan fingerprint density at radius 2 is 1.82 bits per heavy atom. The van der Waals surface area contributed by atoms with Gasteiger partial charge in [-0.3, -0.25) is 10.1 Å².